The standard InChI is InChI=1S/C16H20N4O/c1-2-9-19-14-5-3-4-6-15(14)20(16(19)21)13-7-8-18-12(10-13)11-17/h3-6,11,13,17H,2,7-10H2,1H3/t13-/m0/s1. The van der Waals surface area contributed by atoms with Crippen LogP contribution in [0, 0.1) is 5.41 Å². The van der Waals surface area contributed by atoms with Gasteiger partial charge in [-0.15, -0.1) is 0 Å². The van der Waals surface area contributed by atoms with Crippen LogP contribution < -0.4 is 5.69 Å². The normalized spacial score (nSPS) is 18.7. The Kier molecular flexibility index (Phi) is 3.73. The molecular formula is C16H20N4O. The van der Waals surface area contributed by atoms with Crippen LogP contribution in [0.1, 0.15) is 32.2 Å². The van der Waals surface area contributed by atoms with Crippen molar-refractivity contribution >= 4 is 23.0 Å². The molecule has 5 nitrogen and oxygen atoms in total. The van der Waals surface area contributed by atoms with E-state index in [9.17, 15) is 4.79 Å². The zero-order valence-corrected chi connectivity index (χ0v) is 12.2. The van der Waals surface area contributed by atoms with Gasteiger partial charge in [0.15, 0.2) is 0 Å². The van der Waals surface area contributed by atoms with Crippen molar-refractivity contribution in [3.05, 3.63) is 34.7 Å². The quantitative estimate of drug-likeness (QED) is 0.862. The molecule has 0 unspecified atom stereocenters. The Labute approximate surface area is 123 Å². The van der Waals surface area contributed by atoms with E-state index >= 15 is 0 Å². The minimum Gasteiger partial charge on any atom is -0.307 e. The monoisotopic (exact) mass is 284 g/mol. The third-order valence-corrected chi connectivity index (χ3v) is 4.07. The summed E-state index contributed by atoms with van der Waals surface area (Å²) in [5.41, 5.74) is 2.84. The van der Waals surface area contributed by atoms with E-state index in [0.717, 1.165) is 36.1 Å². The van der Waals surface area contributed by atoms with Crippen LogP contribution in [0.25, 0.3) is 11.0 Å². The highest BCUT2D eigenvalue weighted by atomic mass is 16.1. The van der Waals surface area contributed by atoms with Gasteiger partial charge in [-0.2, -0.15) is 0 Å². The van der Waals surface area contributed by atoms with Crippen molar-refractivity contribution in [2.45, 2.75) is 38.8 Å². The van der Waals surface area contributed by atoms with E-state index in [1.165, 1.54) is 6.21 Å². The lowest BCUT2D eigenvalue weighted by Gasteiger charge is -2.21. The van der Waals surface area contributed by atoms with Gasteiger partial charge in [-0.3, -0.25) is 14.1 Å². The second-order valence-electron chi connectivity index (χ2n) is 5.46. The number of hydrogen-bond acceptors (Lipinski definition) is 3. The van der Waals surface area contributed by atoms with Crippen molar-refractivity contribution in [3.63, 3.8) is 0 Å². The van der Waals surface area contributed by atoms with Crippen LogP contribution in [0.2, 0.25) is 0 Å². The molecule has 0 aliphatic carbocycles. The molecule has 1 N–H and O–H groups in total. The maximum atomic E-state index is 12.8. The number of aryl methyl sites for hydroxylation is 1. The number of fused-ring (bicyclic) bond motifs is 1. The molecule has 0 saturated heterocycles. The third-order valence-electron chi connectivity index (χ3n) is 4.07. The first kappa shape index (κ1) is 13.8. The van der Waals surface area contributed by atoms with Gasteiger partial charge in [-0.25, -0.2) is 4.79 Å². The Morgan fingerprint density at radius 1 is 1.38 bits per heavy atom. The van der Waals surface area contributed by atoms with Crippen molar-refractivity contribution in [2.75, 3.05) is 6.54 Å². The van der Waals surface area contributed by atoms with Gasteiger partial charge < -0.3 is 5.41 Å². The average molecular weight is 284 g/mol. The average Bonchev–Trinajstić information content (AvgIpc) is 2.80. The van der Waals surface area contributed by atoms with Crippen LogP contribution in [-0.2, 0) is 6.54 Å². The minimum atomic E-state index is 0.0641. The van der Waals surface area contributed by atoms with Gasteiger partial charge in [0, 0.05) is 31.8 Å². The molecule has 1 aromatic carbocycles. The summed E-state index contributed by atoms with van der Waals surface area (Å²) >= 11 is 0. The first-order chi connectivity index (χ1) is 10.3. The molecular weight excluding hydrogens is 264 g/mol. The Morgan fingerprint density at radius 2 is 2.14 bits per heavy atom. The number of para-hydroxylation sites is 2. The zero-order valence-electron chi connectivity index (χ0n) is 12.2. The maximum Gasteiger partial charge on any atom is 0.329 e. The molecule has 21 heavy (non-hydrogen) atoms. The summed E-state index contributed by atoms with van der Waals surface area (Å²) in [6, 6.07) is 8.08. The van der Waals surface area contributed by atoms with E-state index in [1.807, 2.05) is 33.4 Å². The molecule has 2 aromatic rings. The third kappa shape index (κ3) is 2.33. The highest BCUT2D eigenvalue weighted by molar-refractivity contribution is 6.29. The summed E-state index contributed by atoms with van der Waals surface area (Å²) < 4.78 is 3.77. The van der Waals surface area contributed by atoms with Crippen molar-refractivity contribution in [1.82, 2.24) is 9.13 Å². The number of nitrogens with zero attached hydrogens (tertiary/aromatic N) is 3. The number of hydrogen-bond donors (Lipinski definition) is 1. The Hall–Kier alpha value is -2.17. The maximum absolute atomic E-state index is 12.8. The molecule has 1 aromatic heterocycles. The second-order valence-corrected chi connectivity index (χ2v) is 5.46. The van der Waals surface area contributed by atoms with Crippen molar-refractivity contribution < 1.29 is 0 Å². The van der Waals surface area contributed by atoms with Crippen LogP contribution in [0.15, 0.2) is 34.1 Å². The summed E-state index contributed by atoms with van der Waals surface area (Å²) in [5, 5.41) is 7.39. The Balaban J connectivity index is 2.14. The number of rotatable bonds is 4. The van der Waals surface area contributed by atoms with Crippen molar-refractivity contribution in [2.24, 2.45) is 4.99 Å². The van der Waals surface area contributed by atoms with Gasteiger partial charge in [0.25, 0.3) is 0 Å². The Bertz CT molecular complexity index is 753. The van der Waals surface area contributed by atoms with Crippen molar-refractivity contribution in [3.8, 4) is 0 Å². The largest absolute Gasteiger partial charge is 0.329 e. The van der Waals surface area contributed by atoms with Crippen LogP contribution in [-0.4, -0.2) is 27.6 Å². The highest BCUT2D eigenvalue weighted by Crippen LogP contribution is 2.24. The highest BCUT2D eigenvalue weighted by Gasteiger charge is 2.23. The van der Waals surface area contributed by atoms with E-state index in [2.05, 4.69) is 11.9 Å². The molecule has 0 amide bonds. The molecule has 3 rings (SSSR count). The lowest BCUT2D eigenvalue weighted by atomic mass is 10.0. The SMILES string of the molecule is CCCn1c(=O)n([C@H]2CCN=C(C=N)C2)c2ccccc21. The van der Waals surface area contributed by atoms with Gasteiger partial charge >= 0.3 is 5.69 Å². The fourth-order valence-corrected chi connectivity index (χ4v) is 3.11. The molecule has 0 saturated carbocycles. The molecule has 2 heterocycles. The van der Waals surface area contributed by atoms with Gasteiger partial charge in [0.2, 0.25) is 0 Å². The van der Waals surface area contributed by atoms with E-state index in [0.29, 0.717) is 13.0 Å². The molecule has 1 atom stereocenters. The number of nitrogens with one attached hydrogen (secondary N) is 1. The van der Waals surface area contributed by atoms with Crippen LogP contribution in [0.4, 0.5) is 0 Å². The summed E-state index contributed by atoms with van der Waals surface area (Å²) in [4.78, 5) is 17.1. The summed E-state index contributed by atoms with van der Waals surface area (Å²) in [6.45, 7) is 3.51. The number of benzene rings is 1. The van der Waals surface area contributed by atoms with E-state index in [1.54, 1.807) is 0 Å². The van der Waals surface area contributed by atoms with E-state index in [-0.39, 0.29) is 11.7 Å². The molecule has 1 aliphatic rings. The van der Waals surface area contributed by atoms with Gasteiger partial charge in [0.1, 0.15) is 0 Å². The smallest absolute Gasteiger partial charge is 0.307 e. The topological polar surface area (TPSA) is 63.1 Å². The molecule has 0 radical (unpaired) electrons. The molecule has 0 bridgehead atoms. The second kappa shape index (κ2) is 5.68. The lowest BCUT2D eigenvalue weighted by molar-refractivity contribution is 0.463. The number of aromatic nitrogens is 2. The van der Waals surface area contributed by atoms with E-state index < -0.39 is 0 Å². The zero-order chi connectivity index (χ0) is 14.8. The fourth-order valence-electron chi connectivity index (χ4n) is 3.11. The van der Waals surface area contributed by atoms with Gasteiger partial charge in [-0.1, -0.05) is 19.1 Å². The first-order valence-corrected chi connectivity index (χ1v) is 7.49. The Morgan fingerprint density at radius 3 is 2.86 bits per heavy atom. The predicted molar refractivity (Wildman–Crippen MR) is 85.8 cm³/mol. The van der Waals surface area contributed by atoms with Crippen LogP contribution >= 0.6 is 0 Å². The van der Waals surface area contributed by atoms with Gasteiger partial charge in [0.05, 0.1) is 16.7 Å². The fraction of sp³-hybridized carbons (Fsp3) is 0.438. The molecule has 1 aliphatic heterocycles. The number of aliphatic imine (C=N–C) groups is 1. The molecule has 0 fully saturated rings. The summed E-state index contributed by atoms with van der Waals surface area (Å²) in [6.07, 6.45) is 3.77. The minimum absolute atomic E-state index is 0.0641. The molecule has 5 heteroatoms. The molecule has 0 spiro atoms. The first-order valence-electron chi connectivity index (χ1n) is 7.49. The lowest BCUT2D eigenvalue weighted by Crippen LogP contribution is -2.31. The summed E-state index contributed by atoms with van der Waals surface area (Å²) in [5.74, 6) is 0. The van der Waals surface area contributed by atoms with Crippen molar-refractivity contribution in [1.29, 1.82) is 5.41 Å². The predicted octanol–water partition coefficient (Wildman–Crippen LogP) is 2.64. The number of imidazole rings is 1. The van der Waals surface area contributed by atoms with Crippen LogP contribution in [0.5, 0.6) is 0 Å². The summed E-state index contributed by atoms with van der Waals surface area (Å²) in [7, 11) is 0. The van der Waals surface area contributed by atoms with E-state index in [4.69, 9.17) is 5.41 Å². The van der Waals surface area contributed by atoms with Crippen LogP contribution in [0.3, 0.4) is 0 Å². The molecule has 110 valence electrons. The van der Waals surface area contributed by atoms with Gasteiger partial charge in [-0.05, 0) is 25.0 Å².